The maximum atomic E-state index is 11.4. The Morgan fingerprint density at radius 3 is 2.52 bits per heavy atom. The molecule has 116 valence electrons. The number of rotatable bonds is 10. The minimum Gasteiger partial charge on any atom is -0.481 e. The molecule has 0 saturated heterocycles. The SMILES string of the molecule is O=C(O)CCCCCCC(=O)NN=Cc1ccc(CO)o1. The molecule has 0 aromatic carbocycles. The maximum absolute atomic E-state index is 11.4. The Balaban J connectivity index is 2.09. The molecule has 7 nitrogen and oxygen atoms in total. The van der Waals surface area contributed by atoms with Crippen LogP contribution < -0.4 is 5.43 Å². The first-order chi connectivity index (χ1) is 10.1. The second-order valence-electron chi connectivity index (χ2n) is 4.56. The van der Waals surface area contributed by atoms with Crippen molar-refractivity contribution >= 4 is 18.1 Å². The second-order valence-corrected chi connectivity index (χ2v) is 4.56. The molecule has 3 N–H and O–H groups in total. The molecular formula is C14H20N2O5. The average Bonchev–Trinajstić information content (AvgIpc) is 2.90. The highest BCUT2D eigenvalue weighted by atomic mass is 16.4. The second kappa shape index (κ2) is 9.71. The summed E-state index contributed by atoms with van der Waals surface area (Å²) in [5.74, 6) is -0.0973. The number of hydrazone groups is 1. The van der Waals surface area contributed by atoms with Crippen LogP contribution in [0.15, 0.2) is 21.7 Å². The minimum atomic E-state index is -0.788. The van der Waals surface area contributed by atoms with Gasteiger partial charge in [0.15, 0.2) is 0 Å². The summed E-state index contributed by atoms with van der Waals surface area (Å²) in [5.41, 5.74) is 2.38. The quantitative estimate of drug-likeness (QED) is 0.345. The lowest BCUT2D eigenvalue weighted by atomic mass is 10.1. The van der Waals surface area contributed by atoms with E-state index in [4.69, 9.17) is 14.6 Å². The maximum Gasteiger partial charge on any atom is 0.303 e. The fourth-order valence-electron chi connectivity index (χ4n) is 1.69. The Bertz CT molecular complexity index is 481. The van der Waals surface area contributed by atoms with Crippen LogP contribution in [0.4, 0.5) is 0 Å². The van der Waals surface area contributed by atoms with Gasteiger partial charge >= 0.3 is 5.97 Å². The smallest absolute Gasteiger partial charge is 0.303 e. The van der Waals surface area contributed by atoms with Crippen molar-refractivity contribution in [3.63, 3.8) is 0 Å². The van der Waals surface area contributed by atoms with Gasteiger partial charge in [0.05, 0.1) is 6.21 Å². The first-order valence-corrected chi connectivity index (χ1v) is 6.85. The normalized spacial score (nSPS) is 10.9. The van der Waals surface area contributed by atoms with E-state index in [2.05, 4.69) is 10.5 Å². The molecule has 21 heavy (non-hydrogen) atoms. The number of carboxylic acid groups (broad SMARTS) is 1. The van der Waals surface area contributed by atoms with E-state index < -0.39 is 5.97 Å². The highest BCUT2D eigenvalue weighted by molar-refractivity contribution is 5.80. The van der Waals surface area contributed by atoms with Crippen LogP contribution in [0.5, 0.6) is 0 Å². The van der Waals surface area contributed by atoms with Crippen molar-refractivity contribution in [1.82, 2.24) is 5.43 Å². The Morgan fingerprint density at radius 1 is 1.19 bits per heavy atom. The van der Waals surface area contributed by atoms with Crippen molar-refractivity contribution in [2.45, 2.75) is 45.1 Å². The van der Waals surface area contributed by atoms with Gasteiger partial charge in [0.2, 0.25) is 5.91 Å². The summed E-state index contributed by atoms with van der Waals surface area (Å²) in [6.45, 7) is -0.178. The molecule has 0 fully saturated rings. The number of furan rings is 1. The molecule has 7 heteroatoms. The molecule has 0 radical (unpaired) electrons. The van der Waals surface area contributed by atoms with Crippen molar-refractivity contribution in [3.05, 3.63) is 23.7 Å². The molecular weight excluding hydrogens is 276 g/mol. The standard InChI is InChI=1S/C14H20N2O5/c17-10-12-8-7-11(21-12)9-15-16-13(18)5-3-1-2-4-6-14(19)20/h7-9,17H,1-6,10H2,(H,16,18)(H,19,20). The molecule has 1 aromatic rings. The van der Waals surface area contributed by atoms with Crippen molar-refractivity contribution in [3.8, 4) is 0 Å². The number of amides is 1. The summed E-state index contributed by atoms with van der Waals surface area (Å²) < 4.78 is 5.16. The van der Waals surface area contributed by atoms with E-state index in [9.17, 15) is 9.59 Å². The third-order valence-electron chi connectivity index (χ3n) is 2.76. The summed E-state index contributed by atoms with van der Waals surface area (Å²) in [5, 5.41) is 21.0. The zero-order valence-electron chi connectivity index (χ0n) is 11.7. The summed E-state index contributed by atoms with van der Waals surface area (Å²) in [6, 6.07) is 3.27. The minimum absolute atomic E-state index is 0.176. The summed E-state index contributed by atoms with van der Waals surface area (Å²) in [4.78, 5) is 21.7. The molecule has 0 spiro atoms. The summed E-state index contributed by atoms with van der Waals surface area (Å²) >= 11 is 0. The van der Waals surface area contributed by atoms with Crippen LogP contribution in [0, 0.1) is 0 Å². The zero-order valence-corrected chi connectivity index (χ0v) is 11.7. The molecule has 0 atom stereocenters. The number of carbonyl (C=O) groups excluding carboxylic acids is 1. The van der Waals surface area contributed by atoms with E-state index in [0.29, 0.717) is 30.8 Å². The number of aliphatic carboxylic acids is 1. The predicted octanol–water partition coefficient (Wildman–Crippen LogP) is 1.65. The number of nitrogens with zero attached hydrogens (tertiary/aromatic N) is 1. The zero-order chi connectivity index (χ0) is 15.5. The number of hydrogen-bond donors (Lipinski definition) is 3. The van der Waals surface area contributed by atoms with Crippen LogP contribution in [0.25, 0.3) is 0 Å². The monoisotopic (exact) mass is 296 g/mol. The van der Waals surface area contributed by atoms with Gasteiger partial charge in [0.1, 0.15) is 18.1 Å². The van der Waals surface area contributed by atoms with Crippen LogP contribution in [0.2, 0.25) is 0 Å². The van der Waals surface area contributed by atoms with Gasteiger partial charge in [-0.15, -0.1) is 0 Å². The summed E-state index contributed by atoms with van der Waals surface area (Å²) in [6.07, 6.45) is 4.86. The van der Waals surface area contributed by atoms with Crippen molar-refractivity contribution < 1.29 is 24.2 Å². The third kappa shape index (κ3) is 7.88. The topological polar surface area (TPSA) is 112 Å². The molecule has 0 saturated carbocycles. The molecule has 1 heterocycles. The van der Waals surface area contributed by atoms with Crippen LogP contribution in [0.3, 0.4) is 0 Å². The Labute approximate surface area is 122 Å². The van der Waals surface area contributed by atoms with Crippen LogP contribution in [-0.2, 0) is 16.2 Å². The Hall–Kier alpha value is -2.15. The molecule has 0 aliphatic rings. The van der Waals surface area contributed by atoms with Crippen molar-refractivity contribution in [2.24, 2.45) is 5.10 Å². The Kier molecular flexibility index (Phi) is 7.81. The molecule has 0 aliphatic carbocycles. The average molecular weight is 296 g/mol. The van der Waals surface area contributed by atoms with Gasteiger partial charge in [-0.25, -0.2) is 5.43 Å². The fourth-order valence-corrected chi connectivity index (χ4v) is 1.69. The molecule has 1 amide bonds. The van der Waals surface area contributed by atoms with Gasteiger partial charge in [-0.05, 0) is 25.0 Å². The number of carboxylic acids is 1. The molecule has 0 bridgehead atoms. The largest absolute Gasteiger partial charge is 0.481 e. The number of carbonyl (C=O) groups is 2. The fraction of sp³-hybridized carbons (Fsp3) is 0.500. The van der Waals surface area contributed by atoms with Crippen LogP contribution >= 0.6 is 0 Å². The Morgan fingerprint density at radius 2 is 1.90 bits per heavy atom. The lowest BCUT2D eigenvalue weighted by Crippen LogP contribution is -2.16. The number of aliphatic hydroxyl groups excluding tert-OH is 1. The summed E-state index contributed by atoms with van der Waals surface area (Å²) in [7, 11) is 0. The molecule has 1 rings (SSSR count). The number of unbranched alkanes of at least 4 members (excludes halogenated alkanes) is 3. The van der Waals surface area contributed by atoms with E-state index in [1.54, 1.807) is 12.1 Å². The van der Waals surface area contributed by atoms with Gasteiger partial charge < -0.3 is 14.6 Å². The first-order valence-electron chi connectivity index (χ1n) is 6.85. The van der Waals surface area contributed by atoms with Crippen molar-refractivity contribution in [2.75, 3.05) is 0 Å². The molecule has 0 unspecified atom stereocenters. The van der Waals surface area contributed by atoms with E-state index in [1.807, 2.05) is 0 Å². The molecule has 0 aliphatic heterocycles. The van der Waals surface area contributed by atoms with Gasteiger partial charge in [0.25, 0.3) is 0 Å². The van der Waals surface area contributed by atoms with Gasteiger partial charge in [-0.1, -0.05) is 12.8 Å². The van der Waals surface area contributed by atoms with E-state index >= 15 is 0 Å². The third-order valence-corrected chi connectivity index (χ3v) is 2.76. The predicted molar refractivity (Wildman–Crippen MR) is 75.7 cm³/mol. The van der Waals surface area contributed by atoms with E-state index in [-0.39, 0.29) is 18.9 Å². The van der Waals surface area contributed by atoms with Gasteiger partial charge in [-0.2, -0.15) is 5.10 Å². The van der Waals surface area contributed by atoms with Crippen LogP contribution in [-0.4, -0.2) is 28.3 Å². The number of aliphatic hydroxyl groups is 1. The van der Waals surface area contributed by atoms with Gasteiger partial charge in [-0.3, -0.25) is 9.59 Å². The lowest BCUT2D eigenvalue weighted by Gasteiger charge is -2.00. The van der Waals surface area contributed by atoms with E-state index in [1.165, 1.54) is 6.21 Å². The van der Waals surface area contributed by atoms with Gasteiger partial charge in [0, 0.05) is 12.8 Å². The highest BCUT2D eigenvalue weighted by Crippen LogP contribution is 2.06. The van der Waals surface area contributed by atoms with Crippen LogP contribution in [0.1, 0.15) is 50.0 Å². The number of hydrogen-bond acceptors (Lipinski definition) is 5. The van der Waals surface area contributed by atoms with E-state index in [0.717, 1.165) is 12.8 Å². The first kappa shape index (κ1) is 16.9. The number of nitrogens with one attached hydrogen (secondary N) is 1. The lowest BCUT2D eigenvalue weighted by molar-refractivity contribution is -0.137. The molecule has 1 aromatic heterocycles. The highest BCUT2D eigenvalue weighted by Gasteiger charge is 2.01. The van der Waals surface area contributed by atoms with Crippen molar-refractivity contribution in [1.29, 1.82) is 0 Å².